The normalized spacial score (nSPS) is 17.5. The van der Waals surface area contributed by atoms with E-state index < -0.39 is 44.0 Å². The van der Waals surface area contributed by atoms with Gasteiger partial charge in [-0.15, -0.1) is 0 Å². The average Bonchev–Trinajstić information content (AvgIpc) is 2.85. The van der Waals surface area contributed by atoms with Gasteiger partial charge in [-0.25, -0.2) is 17.2 Å². The van der Waals surface area contributed by atoms with Crippen molar-refractivity contribution in [1.82, 2.24) is 0 Å². The van der Waals surface area contributed by atoms with Crippen LogP contribution >= 0.6 is 11.6 Å². The van der Waals surface area contributed by atoms with E-state index in [9.17, 15) is 22.0 Å². The predicted octanol–water partition coefficient (Wildman–Crippen LogP) is 5.71. The summed E-state index contributed by atoms with van der Waals surface area (Å²) in [6, 6.07) is 16.6. The van der Waals surface area contributed by atoms with Gasteiger partial charge in [0.05, 0.1) is 30.3 Å². The van der Waals surface area contributed by atoms with E-state index in [-0.39, 0.29) is 36.7 Å². The van der Waals surface area contributed by atoms with Crippen molar-refractivity contribution in [3.63, 3.8) is 0 Å². The summed E-state index contributed by atoms with van der Waals surface area (Å²) in [6.45, 7) is 0.239. The largest absolute Gasteiger partial charge is 0.490 e. The molecule has 0 spiro atoms. The summed E-state index contributed by atoms with van der Waals surface area (Å²) in [7, 11) is -4.22. The summed E-state index contributed by atoms with van der Waals surface area (Å²) in [5.74, 6) is -3.39. The molecule has 184 valence electrons. The standard InChI is InChI=1S/C26H23ClF2O5S/c27-19-6-8-21(9-7-19)35(31,32)26-18(16-34-25-23(29)11-10-22(28)24(25)26)14-20(30)12-13-33-15-17-4-2-1-3-5-17/h1-11,18,26H,12-16H2. The molecule has 2 atom stereocenters. The van der Waals surface area contributed by atoms with E-state index in [0.717, 1.165) is 17.7 Å². The van der Waals surface area contributed by atoms with Crippen molar-refractivity contribution in [2.75, 3.05) is 13.2 Å². The number of ketones is 1. The van der Waals surface area contributed by atoms with Gasteiger partial charge in [-0.3, -0.25) is 4.79 Å². The van der Waals surface area contributed by atoms with E-state index in [4.69, 9.17) is 21.1 Å². The third-order valence-electron chi connectivity index (χ3n) is 5.85. The summed E-state index contributed by atoms with van der Waals surface area (Å²) in [5.41, 5.74) is 0.563. The maximum absolute atomic E-state index is 14.9. The minimum atomic E-state index is -4.22. The molecule has 0 aliphatic carbocycles. The molecule has 0 N–H and O–H groups in total. The highest BCUT2D eigenvalue weighted by Crippen LogP contribution is 2.46. The van der Waals surface area contributed by atoms with Gasteiger partial charge in [0, 0.05) is 23.8 Å². The van der Waals surface area contributed by atoms with Gasteiger partial charge in [0.1, 0.15) is 16.9 Å². The summed E-state index contributed by atoms with van der Waals surface area (Å²) in [4.78, 5) is 12.6. The van der Waals surface area contributed by atoms with Gasteiger partial charge in [-0.05, 0) is 42.0 Å². The predicted molar refractivity (Wildman–Crippen MR) is 127 cm³/mol. The van der Waals surface area contributed by atoms with Crippen molar-refractivity contribution in [2.45, 2.75) is 29.6 Å². The monoisotopic (exact) mass is 520 g/mol. The van der Waals surface area contributed by atoms with Crippen LogP contribution in [0.15, 0.2) is 71.6 Å². The number of hydrogen-bond donors (Lipinski definition) is 0. The summed E-state index contributed by atoms with van der Waals surface area (Å²) in [5, 5.41) is -1.17. The molecule has 9 heteroatoms. The molecular weight excluding hydrogens is 498 g/mol. The molecule has 0 aromatic heterocycles. The van der Waals surface area contributed by atoms with Crippen LogP contribution < -0.4 is 4.74 Å². The highest BCUT2D eigenvalue weighted by atomic mass is 35.5. The van der Waals surface area contributed by atoms with E-state index >= 15 is 0 Å². The first-order valence-corrected chi connectivity index (χ1v) is 12.9. The van der Waals surface area contributed by atoms with Crippen LogP contribution in [-0.2, 0) is 26.0 Å². The topological polar surface area (TPSA) is 69.7 Å². The van der Waals surface area contributed by atoms with E-state index in [0.29, 0.717) is 11.6 Å². The second-order valence-corrected chi connectivity index (χ2v) is 10.8. The summed E-state index contributed by atoms with van der Waals surface area (Å²) < 4.78 is 67.5. The van der Waals surface area contributed by atoms with Gasteiger partial charge in [-0.1, -0.05) is 41.9 Å². The number of fused-ring (bicyclic) bond motifs is 1. The lowest BCUT2D eigenvalue weighted by atomic mass is 9.90. The van der Waals surface area contributed by atoms with Crippen LogP contribution in [0.2, 0.25) is 5.02 Å². The van der Waals surface area contributed by atoms with Crippen LogP contribution in [0.4, 0.5) is 8.78 Å². The van der Waals surface area contributed by atoms with E-state index in [2.05, 4.69) is 0 Å². The maximum atomic E-state index is 14.9. The number of rotatable bonds is 9. The lowest BCUT2D eigenvalue weighted by Crippen LogP contribution is -2.34. The van der Waals surface area contributed by atoms with E-state index in [1.807, 2.05) is 30.3 Å². The lowest BCUT2D eigenvalue weighted by molar-refractivity contribution is -0.121. The van der Waals surface area contributed by atoms with Gasteiger partial charge in [0.15, 0.2) is 21.4 Å². The molecule has 1 heterocycles. The number of ether oxygens (including phenoxy) is 2. The van der Waals surface area contributed by atoms with Crippen molar-refractivity contribution >= 4 is 27.2 Å². The molecule has 1 aliphatic heterocycles. The summed E-state index contributed by atoms with van der Waals surface area (Å²) in [6.07, 6.45) is -0.142. The fourth-order valence-electron chi connectivity index (χ4n) is 4.16. The molecule has 35 heavy (non-hydrogen) atoms. The highest BCUT2D eigenvalue weighted by Gasteiger charge is 2.44. The zero-order chi connectivity index (χ0) is 25.0. The molecule has 0 saturated carbocycles. The first-order chi connectivity index (χ1) is 16.8. The third kappa shape index (κ3) is 5.72. The van der Waals surface area contributed by atoms with Crippen molar-refractivity contribution in [1.29, 1.82) is 0 Å². The molecule has 5 nitrogen and oxygen atoms in total. The van der Waals surface area contributed by atoms with Gasteiger partial charge >= 0.3 is 0 Å². The number of carbonyl (C=O) groups excluding carboxylic acids is 1. The molecule has 0 radical (unpaired) electrons. The Balaban J connectivity index is 1.55. The van der Waals surface area contributed by atoms with Gasteiger partial charge in [0.25, 0.3) is 0 Å². The Morgan fingerprint density at radius 3 is 2.40 bits per heavy atom. The number of Topliss-reactive ketones (excluding diaryl/α,β-unsaturated/α-hetero) is 1. The maximum Gasteiger partial charge on any atom is 0.186 e. The zero-order valence-electron chi connectivity index (χ0n) is 18.6. The highest BCUT2D eigenvalue weighted by molar-refractivity contribution is 7.91. The minimum absolute atomic E-state index is 0.0511. The van der Waals surface area contributed by atoms with Crippen molar-refractivity contribution in [3.05, 3.63) is 94.5 Å². The Hall–Kier alpha value is -2.81. The van der Waals surface area contributed by atoms with E-state index in [1.165, 1.54) is 24.3 Å². The Labute approximate surface area is 207 Å². The molecule has 3 aromatic rings. The fraction of sp³-hybridized carbons (Fsp3) is 0.269. The number of sulfone groups is 1. The Morgan fingerprint density at radius 1 is 1.00 bits per heavy atom. The first kappa shape index (κ1) is 25.3. The van der Waals surface area contributed by atoms with Crippen LogP contribution in [0.25, 0.3) is 0 Å². The Kier molecular flexibility index (Phi) is 7.84. The third-order valence-corrected chi connectivity index (χ3v) is 8.32. The molecule has 3 aromatic carbocycles. The number of carbonyl (C=O) groups is 1. The average molecular weight is 521 g/mol. The molecule has 2 unspecified atom stereocenters. The molecular formula is C26H23ClF2O5S. The van der Waals surface area contributed by atoms with Gasteiger partial charge in [0.2, 0.25) is 0 Å². The summed E-state index contributed by atoms with van der Waals surface area (Å²) >= 11 is 5.89. The minimum Gasteiger partial charge on any atom is -0.490 e. The fourth-order valence-corrected chi connectivity index (χ4v) is 6.31. The smallest absolute Gasteiger partial charge is 0.186 e. The number of hydrogen-bond acceptors (Lipinski definition) is 5. The molecule has 0 amide bonds. The molecule has 0 fully saturated rings. The Bertz CT molecular complexity index is 1300. The number of halogens is 3. The van der Waals surface area contributed by atoms with Crippen LogP contribution in [0, 0.1) is 17.6 Å². The van der Waals surface area contributed by atoms with Crippen molar-refractivity contribution < 1.29 is 31.5 Å². The quantitative estimate of drug-likeness (QED) is 0.338. The van der Waals surface area contributed by atoms with Gasteiger partial charge in [-0.2, -0.15) is 0 Å². The van der Waals surface area contributed by atoms with Crippen LogP contribution in [0.3, 0.4) is 0 Å². The molecule has 1 aliphatic rings. The second-order valence-electron chi connectivity index (χ2n) is 8.29. The van der Waals surface area contributed by atoms with Crippen LogP contribution in [0.5, 0.6) is 5.75 Å². The zero-order valence-corrected chi connectivity index (χ0v) is 20.2. The van der Waals surface area contributed by atoms with E-state index in [1.54, 1.807) is 0 Å². The van der Waals surface area contributed by atoms with Crippen LogP contribution in [-0.4, -0.2) is 27.4 Å². The first-order valence-electron chi connectivity index (χ1n) is 11.0. The Morgan fingerprint density at radius 2 is 1.69 bits per heavy atom. The van der Waals surface area contributed by atoms with Crippen molar-refractivity contribution in [2.24, 2.45) is 5.92 Å². The SMILES string of the molecule is O=C(CCOCc1ccccc1)CC1COc2c(F)ccc(F)c2C1S(=O)(=O)c1ccc(Cl)cc1. The van der Waals surface area contributed by atoms with Crippen molar-refractivity contribution in [3.8, 4) is 5.75 Å². The second kappa shape index (κ2) is 10.8. The van der Waals surface area contributed by atoms with Gasteiger partial charge < -0.3 is 9.47 Å². The molecule has 0 bridgehead atoms. The molecule has 4 rings (SSSR count). The number of benzene rings is 3. The lowest BCUT2D eigenvalue weighted by Gasteiger charge is -2.33. The van der Waals surface area contributed by atoms with Crippen LogP contribution in [0.1, 0.15) is 29.2 Å². The molecule has 0 saturated heterocycles.